The van der Waals surface area contributed by atoms with Crippen LogP contribution < -0.4 is 0 Å². The maximum Gasteiger partial charge on any atom is 0.508 e. The third kappa shape index (κ3) is 3.15. The van der Waals surface area contributed by atoms with Crippen LogP contribution in [0, 0.1) is 23.2 Å². The Morgan fingerprint density at radius 1 is 1.03 bits per heavy atom. The molecule has 4 bridgehead atoms. The molecule has 2 spiro atoms. The number of rotatable bonds is 3. The molecule has 2 atom stereocenters. The molecule has 2 unspecified atom stereocenters. The van der Waals surface area contributed by atoms with Gasteiger partial charge in [0.15, 0.2) is 5.79 Å². The van der Waals surface area contributed by atoms with Gasteiger partial charge < -0.3 is 23.7 Å². The first-order chi connectivity index (χ1) is 14.4. The van der Waals surface area contributed by atoms with Crippen molar-refractivity contribution in [3.05, 3.63) is 0 Å². The van der Waals surface area contributed by atoms with Crippen LogP contribution in [0.3, 0.4) is 0 Å². The molecule has 31 heavy (non-hydrogen) atoms. The van der Waals surface area contributed by atoms with E-state index in [1.807, 2.05) is 0 Å². The summed E-state index contributed by atoms with van der Waals surface area (Å²) in [4.78, 5) is 23.1. The molecule has 6 rings (SSSR count). The van der Waals surface area contributed by atoms with Crippen molar-refractivity contribution < 1.29 is 55.0 Å². The zero-order valence-corrected chi connectivity index (χ0v) is 17.2. The molecule has 1 N–H and O–H groups in total. The van der Waals surface area contributed by atoms with Gasteiger partial charge >= 0.3 is 27.5 Å². The second-order valence-electron chi connectivity index (χ2n) is 9.53. The van der Waals surface area contributed by atoms with E-state index in [-0.39, 0.29) is 57.0 Å². The largest absolute Gasteiger partial charge is 0.508 e. The van der Waals surface area contributed by atoms with Gasteiger partial charge in [0.2, 0.25) is 0 Å². The van der Waals surface area contributed by atoms with Crippen molar-refractivity contribution in [2.24, 2.45) is 23.2 Å². The summed E-state index contributed by atoms with van der Waals surface area (Å²) in [5.41, 5.74) is -1.87. The van der Waals surface area contributed by atoms with Crippen LogP contribution in [-0.4, -0.2) is 68.2 Å². The van der Waals surface area contributed by atoms with Gasteiger partial charge in [-0.2, -0.15) is 17.2 Å². The van der Waals surface area contributed by atoms with Crippen molar-refractivity contribution in [3.8, 4) is 0 Å². The minimum absolute atomic E-state index is 0.0948. The molecule has 4 aliphatic carbocycles. The normalized spacial score (nSPS) is 38.0. The lowest BCUT2D eigenvalue weighted by atomic mass is 9.51. The molecule has 6 aliphatic rings. The molecule has 2 aliphatic heterocycles. The summed E-state index contributed by atoms with van der Waals surface area (Å²) in [5.74, 6) is -3.62. The number of carbonyl (C=O) groups is 2. The monoisotopic (exact) mass is 468 g/mol. The Morgan fingerprint density at radius 2 is 1.58 bits per heavy atom. The predicted molar refractivity (Wildman–Crippen MR) is 93.2 cm³/mol. The van der Waals surface area contributed by atoms with E-state index in [1.165, 1.54) is 0 Å². The maximum absolute atomic E-state index is 13.8. The molecule has 0 aromatic carbocycles. The molecule has 2 heterocycles. The topological polar surface area (TPSA) is 135 Å². The lowest BCUT2D eigenvalue weighted by molar-refractivity contribution is -0.398. The minimum atomic E-state index is -5.94. The van der Waals surface area contributed by atoms with Crippen molar-refractivity contribution >= 4 is 22.2 Å². The third-order valence-electron chi connectivity index (χ3n) is 7.34. The Labute approximate surface area is 176 Å². The molecule has 0 radical (unpaired) electrons. The fourth-order valence-corrected chi connectivity index (χ4v) is 6.35. The Morgan fingerprint density at radius 3 is 2.10 bits per heavy atom. The molecule has 13 heteroatoms. The van der Waals surface area contributed by atoms with Crippen LogP contribution in [0.2, 0.25) is 0 Å². The highest BCUT2D eigenvalue weighted by molar-refractivity contribution is 7.87. The van der Waals surface area contributed by atoms with Crippen molar-refractivity contribution in [1.29, 1.82) is 0 Å². The van der Waals surface area contributed by atoms with Crippen LogP contribution in [0.1, 0.15) is 32.1 Å². The van der Waals surface area contributed by atoms with Crippen LogP contribution in [0.15, 0.2) is 0 Å². The fraction of sp³-hybridized carbons (Fsp3) is 0.889. The van der Waals surface area contributed by atoms with E-state index in [9.17, 15) is 26.8 Å². The fourth-order valence-electron chi connectivity index (χ4n) is 6.10. The summed E-state index contributed by atoms with van der Waals surface area (Å²) in [6.07, 6.45) is 1.37. The first-order valence-corrected chi connectivity index (χ1v) is 11.5. The predicted octanol–water partition coefficient (Wildman–Crippen LogP) is 1.49. The molecular formula is C18H22F2O10S. The first-order valence-electron chi connectivity index (χ1n) is 10.0. The van der Waals surface area contributed by atoms with E-state index in [1.54, 1.807) is 0 Å². The minimum Gasteiger partial charge on any atom is -0.454 e. The second kappa shape index (κ2) is 6.49. The summed E-state index contributed by atoms with van der Waals surface area (Å²) in [7, 11) is -5.94. The standard InChI is InChI=1S/C18H22F2O10S/c19-18(20,31(23,24)25)13(21)30-16-3-10-1-11(4-16)17(12(2-10)5-16)28-8-15(9-29-17)6-26-14(22)27-7-15/h10-12H,1-9H2,(H,23,24,25). The highest BCUT2D eigenvalue weighted by Crippen LogP contribution is 2.64. The number of alkyl halides is 2. The van der Waals surface area contributed by atoms with Crippen molar-refractivity contribution in [2.75, 3.05) is 26.4 Å². The molecule has 0 aromatic heterocycles. The summed E-state index contributed by atoms with van der Waals surface area (Å²) in [6.45, 7) is 0.662. The van der Waals surface area contributed by atoms with Gasteiger partial charge in [-0.25, -0.2) is 9.59 Å². The van der Waals surface area contributed by atoms with E-state index in [0.29, 0.717) is 19.3 Å². The Bertz CT molecular complexity index is 880. The summed E-state index contributed by atoms with van der Waals surface area (Å²) >= 11 is 0. The van der Waals surface area contributed by atoms with Crippen molar-refractivity contribution in [1.82, 2.24) is 0 Å². The lowest BCUT2D eigenvalue weighted by Crippen LogP contribution is -2.70. The molecular weight excluding hydrogens is 446 g/mol. The molecule has 4 saturated carbocycles. The summed E-state index contributed by atoms with van der Waals surface area (Å²) < 4.78 is 85.5. The van der Waals surface area contributed by atoms with Crippen molar-refractivity contribution in [2.45, 2.75) is 48.7 Å². The summed E-state index contributed by atoms with van der Waals surface area (Å²) in [6, 6.07) is 0. The number of hydrogen-bond donors (Lipinski definition) is 1. The number of cyclic esters (lactones) is 2. The van der Waals surface area contributed by atoms with Crippen LogP contribution in [0.25, 0.3) is 0 Å². The average molecular weight is 468 g/mol. The SMILES string of the molecule is O=C1OCC2(CO1)COC1(OC2)C2CC3CC1CC(OC(=O)C(F)(F)S(=O)(=O)O)(C3)C2. The molecule has 6 fully saturated rings. The Hall–Kier alpha value is -1.57. The Kier molecular flexibility index (Phi) is 4.45. The van der Waals surface area contributed by atoms with Crippen LogP contribution >= 0.6 is 0 Å². The number of ether oxygens (including phenoxy) is 5. The number of carbonyl (C=O) groups excluding carboxylic acids is 2. The smallest absolute Gasteiger partial charge is 0.454 e. The van der Waals surface area contributed by atoms with Gasteiger partial charge in [0, 0.05) is 11.8 Å². The van der Waals surface area contributed by atoms with Gasteiger partial charge in [0.05, 0.1) is 18.6 Å². The van der Waals surface area contributed by atoms with Gasteiger partial charge in [0.1, 0.15) is 18.8 Å². The van der Waals surface area contributed by atoms with E-state index in [4.69, 9.17) is 28.2 Å². The first kappa shape index (κ1) is 21.3. The van der Waals surface area contributed by atoms with Crippen LogP contribution in [-0.2, 0) is 38.6 Å². The van der Waals surface area contributed by atoms with Crippen LogP contribution in [0.5, 0.6) is 0 Å². The van der Waals surface area contributed by atoms with Crippen molar-refractivity contribution in [3.63, 3.8) is 0 Å². The zero-order valence-electron chi connectivity index (χ0n) is 16.4. The van der Waals surface area contributed by atoms with E-state index in [2.05, 4.69) is 0 Å². The highest BCUT2D eigenvalue weighted by Gasteiger charge is 2.68. The highest BCUT2D eigenvalue weighted by atomic mass is 32.2. The van der Waals surface area contributed by atoms with Gasteiger partial charge in [0.25, 0.3) is 0 Å². The van der Waals surface area contributed by atoms with Gasteiger partial charge in [-0.15, -0.1) is 0 Å². The number of hydrogen-bond acceptors (Lipinski definition) is 9. The van der Waals surface area contributed by atoms with E-state index >= 15 is 0 Å². The molecule has 0 amide bonds. The van der Waals surface area contributed by atoms with Crippen LogP contribution in [0.4, 0.5) is 13.6 Å². The summed E-state index contributed by atoms with van der Waals surface area (Å²) in [5, 5.41) is -5.03. The molecule has 174 valence electrons. The maximum atomic E-state index is 13.8. The third-order valence-corrected chi connectivity index (χ3v) is 8.16. The van der Waals surface area contributed by atoms with Gasteiger partial charge in [-0.3, -0.25) is 4.55 Å². The molecule has 10 nitrogen and oxygen atoms in total. The average Bonchev–Trinajstić information content (AvgIpc) is 2.68. The number of esters is 1. The van der Waals surface area contributed by atoms with Gasteiger partial charge in [-0.1, -0.05) is 0 Å². The quantitative estimate of drug-likeness (QED) is 0.479. The van der Waals surface area contributed by atoms with E-state index in [0.717, 1.165) is 0 Å². The zero-order chi connectivity index (χ0) is 22.3. The molecule has 0 aromatic rings. The second-order valence-corrected chi connectivity index (χ2v) is 11.0. The van der Waals surface area contributed by atoms with Gasteiger partial charge in [-0.05, 0) is 38.0 Å². The Balaban J connectivity index is 1.33. The van der Waals surface area contributed by atoms with E-state index < -0.39 is 44.3 Å². The molecule has 2 saturated heterocycles. The number of halogens is 2. The lowest BCUT2D eigenvalue weighted by Gasteiger charge is -2.65.